The summed E-state index contributed by atoms with van der Waals surface area (Å²) in [6.45, 7) is 2.97. The van der Waals surface area contributed by atoms with E-state index >= 15 is 0 Å². The van der Waals surface area contributed by atoms with Crippen molar-refractivity contribution < 1.29 is 4.74 Å². The van der Waals surface area contributed by atoms with E-state index in [0.717, 1.165) is 18.8 Å². The second-order valence-electron chi connectivity index (χ2n) is 3.95. The summed E-state index contributed by atoms with van der Waals surface area (Å²) < 4.78 is 5.58. The van der Waals surface area contributed by atoms with Gasteiger partial charge in [0.15, 0.2) is 0 Å². The first kappa shape index (κ1) is 13.2. The molecule has 0 aliphatic carbocycles. The molecule has 90 valence electrons. The topological polar surface area (TPSA) is 35.2 Å². The number of hydrogen-bond acceptors (Lipinski definition) is 2. The highest BCUT2D eigenvalue weighted by atomic mass is 35.5. The lowest BCUT2D eigenvalue weighted by atomic mass is 10.2. The van der Waals surface area contributed by atoms with Gasteiger partial charge in [-0.1, -0.05) is 44.2 Å². The van der Waals surface area contributed by atoms with Crippen LogP contribution in [0.3, 0.4) is 0 Å². The molecule has 0 fully saturated rings. The van der Waals surface area contributed by atoms with Crippen LogP contribution in [0.1, 0.15) is 39.0 Å². The number of ether oxygens (including phenoxy) is 1. The molecule has 0 unspecified atom stereocenters. The number of benzene rings is 1. The zero-order valence-electron chi connectivity index (χ0n) is 9.84. The van der Waals surface area contributed by atoms with Crippen LogP contribution >= 0.6 is 11.6 Å². The van der Waals surface area contributed by atoms with Gasteiger partial charge in [0.1, 0.15) is 5.75 Å². The Kier molecular flexibility index (Phi) is 6.09. The van der Waals surface area contributed by atoms with Gasteiger partial charge < -0.3 is 10.5 Å². The van der Waals surface area contributed by atoms with E-state index in [1.165, 1.54) is 25.7 Å². The highest BCUT2D eigenvalue weighted by Crippen LogP contribution is 2.24. The molecule has 1 aromatic carbocycles. The lowest BCUT2D eigenvalue weighted by Crippen LogP contribution is -1.97. The van der Waals surface area contributed by atoms with Crippen molar-refractivity contribution >= 4 is 17.3 Å². The molecule has 0 spiro atoms. The van der Waals surface area contributed by atoms with Gasteiger partial charge in [0, 0.05) is 6.07 Å². The van der Waals surface area contributed by atoms with Crippen LogP contribution in [-0.2, 0) is 0 Å². The second-order valence-corrected chi connectivity index (χ2v) is 4.35. The number of anilines is 1. The first-order valence-corrected chi connectivity index (χ1v) is 6.29. The van der Waals surface area contributed by atoms with E-state index in [1.54, 1.807) is 12.1 Å². The maximum absolute atomic E-state index is 5.89. The smallest absolute Gasteiger partial charge is 0.120 e. The first-order chi connectivity index (χ1) is 7.74. The van der Waals surface area contributed by atoms with Crippen LogP contribution in [0, 0.1) is 0 Å². The Hall–Kier alpha value is -0.890. The Balaban J connectivity index is 2.19. The Morgan fingerprint density at radius 2 is 1.94 bits per heavy atom. The third-order valence-electron chi connectivity index (χ3n) is 2.49. The van der Waals surface area contributed by atoms with Gasteiger partial charge in [-0.05, 0) is 18.6 Å². The van der Waals surface area contributed by atoms with E-state index in [2.05, 4.69) is 6.92 Å². The van der Waals surface area contributed by atoms with E-state index < -0.39 is 0 Å². The number of rotatable bonds is 7. The summed E-state index contributed by atoms with van der Waals surface area (Å²) in [5.41, 5.74) is 6.21. The normalized spacial score (nSPS) is 10.4. The molecule has 0 radical (unpaired) electrons. The molecule has 0 aromatic heterocycles. The number of halogens is 1. The number of nitrogens with two attached hydrogens (primary N) is 1. The summed E-state index contributed by atoms with van der Waals surface area (Å²) in [6.07, 6.45) is 6.21. The van der Waals surface area contributed by atoms with E-state index in [-0.39, 0.29) is 0 Å². The maximum atomic E-state index is 5.89. The molecule has 1 rings (SSSR count). The van der Waals surface area contributed by atoms with Crippen LogP contribution in [0.25, 0.3) is 0 Å². The molecule has 16 heavy (non-hydrogen) atoms. The quantitative estimate of drug-likeness (QED) is 0.572. The Morgan fingerprint density at radius 3 is 2.62 bits per heavy atom. The van der Waals surface area contributed by atoms with Crippen molar-refractivity contribution in [3.63, 3.8) is 0 Å². The molecule has 2 N–H and O–H groups in total. The Morgan fingerprint density at radius 1 is 1.19 bits per heavy atom. The SMILES string of the molecule is CCCCCCCOc1ccc(N)c(Cl)c1. The highest BCUT2D eigenvalue weighted by Gasteiger charge is 1.99. The zero-order chi connectivity index (χ0) is 11.8. The minimum absolute atomic E-state index is 0.559. The summed E-state index contributed by atoms with van der Waals surface area (Å²) in [4.78, 5) is 0. The fourth-order valence-corrected chi connectivity index (χ4v) is 1.66. The molecule has 0 atom stereocenters. The summed E-state index contributed by atoms with van der Waals surface area (Å²) in [7, 11) is 0. The van der Waals surface area contributed by atoms with E-state index in [0.29, 0.717) is 10.7 Å². The molecule has 1 aromatic rings. The lowest BCUT2D eigenvalue weighted by Gasteiger charge is -2.07. The van der Waals surface area contributed by atoms with Crippen molar-refractivity contribution in [3.8, 4) is 5.75 Å². The molecule has 0 aliphatic heterocycles. The van der Waals surface area contributed by atoms with E-state index in [4.69, 9.17) is 22.1 Å². The summed E-state index contributed by atoms with van der Waals surface area (Å²) in [5, 5.41) is 0.559. The van der Waals surface area contributed by atoms with Crippen LogP contribution in [-0.4, -0.2) is 6.61 Å². The van der Waals surface area contributed by atoms with Crippen molar-refractivity contribution in [1.29, 1.82) is 0 Å². The fourth-order valence-electron chi connectivity index (χ4n) is 1.49. The van der Waals surface area contributed by atoms with Crippen molar-refractivity contribution in [3.05, 3.63) is 23.2 Å². The summed E-state index contributed by atoms with van der Waals surface area (Å²) in [6, 6.07) is 5.39. The van der Waals surface area contributed by atoms with Crippen molar-refractivity contribution in [2.24, 2.45) is 0 Å². The van der Waals surface area contributed by atoms with Crippen LogP contribution < -0.4 is 10.5 Å². The molecule has 0 amide bonds. The Labute approximate surface area is 103 Å². The van der Waals surface area contributed by atoms with Gasteiger partial charge >= 0.3 is 0 Å². The van der Waals surface area contributed by atoms with Crippen molar-refractivity contribution in [2.75, 3.05) is 12.3 Å². The highest BCUT2D eigenvalue weighted by molar-refractivity contribution is 6.33. The summed E-state index contributed by atoms with van der Waals surface area (Å²) >= 11 is 5.89. The molecular weight excluding hydrogens is 222 g/mol. The Bertz CT molecular complexity index is 315. The number of unbranched alkanes of at least 4 members (excludes halogenated alkanes) is 4. The molecule has 0 heterocycles. The van der Waals surface area contributed by atoms with Crippen LogP contribution in [0.2, 0.25) is 5.02 Å². The van der Waals surface area contributed by atoms with Crippen molar-refractivity contribution in [2.45, 2.75) is 39.0 Å². The minimum Gasteiger partial charge on any atom is -0.494 e. The zero-order valence-corrected chi connectivity index (χ0v) is 10.6. The molecule has 3 heteroatoms. The van der Waals surface area contributed by atoms with Gasteiger partial charge in [-0.25, -0.2) is 0 Å². The predicted molar refractivity (Wildman–Crippen MR) is 70.1 cm³/mol. The van der Waals surface area contributed by atoms with Crippen LogP contribution in [0.15, 0.2) is 18.2 Å². The fraction of sp³-hybridized carbons (Fsp3) is 0.538. The largest absolute Gasteiger partial charge is 0.494 e. The van der Waals surface area contributed by atoms with E-state index in [9.17, 15) is 0 Å². The molecule has 0 saturated carbocycles. The van der Waals surface area contributed by atoms with Crippen molar-refractivity contribution in [1.82, 2.24) is 0 Å². The summed E-state index contributed by atoms with van der Waals surface area (Å²) in [5.74, 6) is 0.801. The van der Waals surface area contributed by atoms with Gasteiger partial charge in [-0.3, -0.25) is 0 Å². The first-order valence-electron chi connectivity index (χ1n) is 5.92. The monoisotopic (exact) mass is 241 g/mol. The molecule has 2 nitrogen and oxygen atoms in total. The van der Waals surface area contributed by atoms with Gasteiger partial charge in [-0.2, -0.15) is 0 Å². The maximum Gasteiger partial charge on any atom is 0.120 e. The van der Waals surface area contributed by atoms with Gasteiger partial charge in [0.05, 0.1) is 17.3 Å². The lowest BCUT2D eigenvalue weighted by molar-refractivity contribution is 0.304. The van der Waals surface area contributed by atoms with Crippen LogP contribution in [0.5, 0.6) is 5.75 Å². The average molecular weight is 242 g/mol. The number of hydrogen-bond donors (Lipinski definition) is 1. The van der Waals surface area contributed by atoms with Crippen LogP contribution in [0.4, 0.5) is 5.69 Å². The standard InChI is InChI=1S/C13H20ClNO/c1-2-3-4-5-6-9-16-11-7-8-13(15)12(14)10-11/h7-8,10H,2-6,9,15H2,1H3. The average Bonchev–Trinajstić information content (AvgIpc) is 2.28. The molecular formula is C13H20ClNO. The van der Waals surface area contributed by atoms with E-state index in [1.807, 2.05) is 6.07 Å². The minimum atomic E-state index is 0.559. The van der Waals surface area contributed by atoms with Gasteiger partial charge in [0.25, 0.3) is 0 Å². The number of nitrogen functional groups attached to an aromatic ring is 1. The third-order valence-corrected chi connectivity index (χ3v) is 2.82. The van der Waals surface area contributed by atoms with Gasteiger partial charge in [-0.15, -0.1) is 0 Å². The second kappa shape index (κ2) is 7.39. The third kappa shape index (κ3) is 4.75. The molecule has 0 aliphatic rings. The molecule has 0 saturated heterocycles. The predicted octanol–water partition coefficient (Wildman–Crippen LogP) is 4.27. The molecule has 0 bridgehead atoms. The van der Waals surface area contributed by atoms with Gasteiger partial charge in [0.2, 0.25) is 0 Å².